The number of carbonyl (C=O) groups is 2. The van der Waals surface area contributed by atoms with E-state index in [9.17, 15) is 9.59 Å². The first kappa shape index (κ1) is 30.5. The van der Waals surface area contributed by atoms with Gasteiger partial charge in [0.15, 0.2) is 0 Å². The van der Waals surface area contributed by atoms with Gasteiger partial charge in [0.25, 0.3) is 0 Å². The fraction of sp³-hybridized carbons (Fsp3) is 0.294. The smallest absolute Gasteiger partial charge is 0.335 e. The number of aliphatic hydroxyl groups is 2. The van der Waals surface area contributed by atoms with Crippen LogP contribution in [0.4, 0.5) is 0 Å². The van der Waals surface area contributed by atoms with Crippen LogP contribution in [-0.2, 0) is 25.5 Å². The summed E-state index contributed by atoms with van der Waals surface area (Å²) in [5.41, 5.74) is 6.44. The summed E-state index contributed by atoms with van der Waals surface area (Å²) < 4.78 is 10.5. The first-order valence-corrected chi connectivity index (χ1v) is 13.6. The number of benzene rings is 3. The highest BCUT2D eigenvalue weighted by Crippen LogP contribution is 2.27. The Kier molecular flexibility index (Phi) is 11.9. The molecule has 0 spiro atoms. The number of esters is 2. The zero-order chi connectivity index (χ0) is 28.9. The molecule has 0 heterocycles. The van der Waals surface area contributed by atoms with Crippen molar-refractivity contribution < 1.29 is 29.3 Å². The Morgan fingerprint density at radius 1 is 0.675 bits per heavy atom. The molecule has 3 aromatic carbocycles. The van der Waals surface area contributed by atoms with E-state index in [0.717, 1.165) is 28.7 Å². The highest BCUT2D eigenvalue weighted by Gasteiger charge is 2.19. The quantitative estimate of drug-likeness (QED) is 0.139. The van der Waals surface area contributed by atoms with Gasteiger partial charge in [-0.1, -0.05) is 106 Å². The minimum Gasteiger partial charge on any atom is -0.461 e. The molecule has 0 amide bonds. The summed E-state index contributed by atoms with van der Waals surface area (Å²) in [7, 11) is 0. The Morgan fingerprint density at radius 2 is 1.07 bits per heavy atom. The van der Waals surface area contributed by atoms with Crippen LogP contribution in [0.1, 0.15) is 43.2 Å². The number of hydrogen-bond donors (Lipinski definition) is 2. The molecule has 0 radical (unpaired) electrons. The van der Waals surface area contributed by atoms with E-state index >= 15 is 0 Å². The summed E-state index contributed by atoms with van der Waals surface area (Å²) in [5.74, 6) is -1.91. The Balaban J connectivity index is 1.70. The van der Waals surface area contributed by atoms with Gasteiger partial charge in [-0.15, -0.1) is 0 Å². The van der Waals surface area contributed by atoms with Gasteiger partial charge in [0.2, 0.25) is 0 Å². The van der Waals surface area contributed by atoms with Crippen molar-refractivity contribution in [3.05, 3.63) is 108 Å². The first-order valence-electron chi connectivity index (χ1n) is 13.6. The molecule has 0 aliphatic carbocycles. The van der Waals surface area contributed by atoms with Crippen molar-refractivity contribution in [2.75, 3.05) is 26.4 Å². The SMILES string of the molecule is C=C(CO)C(=O)OCC(COC(=O)C(=C)CO)c1ccc(-c2ccc(-c3ccc(CCCCC)cc3)cc2)cc1. The predicted molar refractivity (Wildman–Crippen MR) is 158 cm³/mol. The number of hydrogen-bond acceptors (Lipinski definition) is 6. The third-order valence-corrected chi connectivity index (χ3v) is 6.75. The molecular formula is C34H38O6. The Hall–Kier alpha value is -4.00. The standard InChI is InChI=1S/C34H38O6/c1-4-5-6-7-26-8-10-27(11-9-26)28-12-14-29(15-13-28)30-16-18-31(19-17-30)32(22-39-33(37)24(2)20-35)23-40-34(38)25(3)21-36/h8-19,32,35-36H,2-7,20-23H2,1H3. The molecule has 0 aliphatic rings. The Labute approximate surface area is 236 Å². The molecule has 0 saturated carbocycles. The molecule has 0 saturated heterocycles. The van der Waals surface area contributed by atoms with Gasteiger partial charge in [-0.25, -0.2) is 9.59 Å². The normalized spacial score (nSPS) is 10.8. The second-order valence-corrected chi connectivity index (χ2v) is 9.77. The predicted octanol–water partition coefficient (Wildman–Crippen LogP) is 6.02. The van der Waals surface area contributed by atoms with Crippen molar-refractivity contribution >= 4 is 11.9 Å². The van der Waals surface area contributed by atoms with Gasteiger partial charge in [-0.3, -0.25) is 0 Å². The maximum absolute atomic E-state index is 12.0. The molecule has 0 unspecified atom stereocenters. The van der Waals surface area contributed by atoms with Gasteiger partial charge in [0.05, 0.1) is 30.3 Å². The number of aryl methyl sites for hydroxylation is 1. The molecule has 6 heteroatoms. The number of aliphatic hydroxyl groups excluding tert-OH is 2. The van der Waals surface area contributed by atoms with Crippen molar-refractivity contribution in [3.8, 4) is 22.3 Å². The number of unbranched alkanes of at least 4 members (excludes halogenated alkanes) is 2. The van der Waals surface area contributed by atoms with Crippen molar-refractivity contribution in [1.82, 2.24) is 0 Å². The summed E-state index contributed by atoms with van der Waals surface area (Å²) in [5, 5.41) is 18.2. The molecule has 3 rings (SSSR count). The lowest BCUT2D eigenvalue weighted by Crippen LogP contribution is -2.21. The maximum atomic E-state index is 12.0. The maximum Gasteiger partial charge on any atom is 0.335 e. The highest BCUT2D eigenvalue weighted by atomic mass is 16.5. The molecule has 0 fully saturated rings. The molecule has 3 aromatic rings. The number of ether oxygens (including phenoxy) is 2. The lowest BCUT2D eigenvalue weighted by Gasteiger charge is -2.18. The monoisotopic (exact) mass is 542 g/mol. The second kappa shape index (κ2) is 15.6. The van der Waals surface area contributed by atoms with Crippen molar-refractivity contribution in [2.45, 2.75) is 38.5 Å². The molecule has 0 atom stereocenters. The third-order valence-electron chi connectivity index (χ3n) is 6.75. The van der Waals surface area contributed by atoms with Gasteiger partial charge in [-0.2, -0.15) is 0 Å². The van der Waals surface area contributed by atoms with E-state index in [1.165, 1.54) is 30.4 Å². The Bertz CT molecular complexity index is 1240. The fourth-order valence-corrected chi connectivity index (χ4v) is 4.17. The second-order valence-electron chi connectivity index (χ2n) is 9.77. The van der Waals surface area contributed by atoms with E-state index in [4.69, 9.17) is 19.7 Å². The molecule has 2 N–H and O–H groups in total. The van der Waals surface area contributed by atoms with Crippen molar-refractivity contribution in [3.63, 3.8) is 0 Å². The van der Waals surface area contributed by atoms with Crippen LogP contribution in [-0.4, -0.2) is 48.6 Å². The molecule has 0 aromatic heterocycles. The van der Waals surface area contributed by atoms with Crippen LogP contribution in [0.15, 0.2) is 97.1 Å². The fourth-order valence-electron chi connectivity index (χ4n) is 4.17. The van der Waals surface area contributed by atoms with E-state index in [2.05, 4.69) is 68.6 Å². The van der Waals surface area contributed by atoms with E-state index in [1.807, 2.05) is 24.3 Å². The summed E-state index contributed by atoms with van der Waals surface area (Å²) in [4.78, 5) is 24.0. The topological polar surface area (TPSA) is 93.1 Å². The third kappa shape index (κ3) is 8.76. The van der Waals surface area contributed by atoms with Gasteiger partial charge in [0.1, 0.15) is 13.2 Å². The van der Waals surface area contributed by atoms with Crippen molar-refractivity contribution in [1.29, 1.82) is 0 Å². The minimum absolute atomic E-state index is 0.0638. The highest BCUT2D eigenvalue weighted by molar-refractivity contribution is 5.88. The van der Waals surface area contributed by atoms with Crippen LogP contribution in [0.5, 0.6) is 0 Å². The lowest BCUT2D eigenvalue weighted by atomic mass is 9.95. The average Bonchev–Trinajstić information content (AvgIpc) is 3.00. The van der Waals surface area contributed by atoms with E-state index in [0.29, 0.717) is 0 Å². The largest absolute Gasteiger partial charge is 0.461 e. The van der Waals surface area contributed by atoms with E-state index in [1.54, 1.807) is 0 Å². The first-order chi connectivity index (χ1) is 19.4. The zero-order valence-electron chi connectivity index (χ0n) is 23.1. The summed E-state index contributed by atoms with van der Waals surface area (Å²) in [6.45, 7) is 7.98. The summed E-state index contributed by atoms with van der Waals surface area (Å²) in [6, 6.07) is 24.9. The van der Waals surface area contributed by atoms with E-state index < -0.39 is 31.1 Å². The van der Waals surface area contributed by atoms with Crippen LogP contribution in [0.2, 0.25) is 0 Å². The van der Waals surface area contributed by atoms with Crippen LogP contribution < -0.4 is 0 Å². The average molecular weight is 543 g/mol. The molecule has 0 bridgehead atoms. The molecule has 40 heavy (non-hydrogen) atoms. The molecule has 0 aliphatic heterocycles. The summed E-state index contributed by atoms with van der Waals surface area (Å²) in [6.07, 6.45) is 4.82. The van der Waals surface area contributed by atoms with Gasteiger partial charge >= 0.3 is 11.9 Å². The lowest BCUT2D eigenvalue weighted by molar-refractivity contribution is -0.142. The number of carbonyl (C=O) groups excluding carboxylic acids is 2. The molecule has 6 nitrogen and oxygen atoms in total. The van der Waals surface area contributed by atoms with Gasteiger partial charge in [0, 0.05) is 0 Å². The van der Waals surface area contributed by atoms with E-state index in [-0.39, 0.29) is 24.4 Å². The molecular weight excluding hydrogens is 504 g/mol. The minimum atomic E-state index is -0.721. The van der Waals surface area contributed by atoms with Crippen LogP contribution >= 0.6 is 0 Å². The molecule has 210 valence electrons. The zero-order valence-corrected chi connectivity index (χ0v) is 23.1. The van der Waals surface area contributed by atoms with Gasteiger partial charge in [-0.05, 0) is 46.2 Å². The van der Waals surface area contributed by atoms with Crippen molar-refractivity contribution in [2.24, 2.45) is 0 Å². The van der Waals surface area contributed by atoms with Gasteiger partial charge < -0.3 is 19.7 Å². The summed E-state index contributed by atoms with van der Waals surface area (Å²) >= 11 is 0. The van der Waals surface area contributed by atoms with Crippen LogP contribution in [0.25, 0.3) is 22.3 Å². The van der Waals surface area contributed by atoms with Crippen LogP contribution in [0, 0.1) is 0 Å². The Morgan fingerprint density at radius 3 is 1.48 bits per heavy atom. The van der Waals surface area contributed by atoms with Crippen LogP contribution in [0.3, 0.4) is 0 Å². The number of rotatable bonds is 15.